The molecule has 1 unspecified atom stereocenters. The molecule has 0 aliphatic rings. The summed E-state index contributed by atoms with van der Waals surface area (Å²) in [5.41, 5.74) is 7.60. The van der Waals surface area contributed by atoms with Gasteiger partial charge in [0, 0.05) is 20.1 Å². The Morgan fingerprint density at radius 3 is 2.22 bits per heavy atom. The SMILES string of the molecule is CC(N)(c1ccc(Cl)cc1)c1c(Cl)cccc1Br. The highest BCUT2D eigenvalue weighted by atomic mass is 79.9. The summed E-state index contributed by atoms with van der Waals surface area (Å²) >= 11 is 15.7. The van der Waals surface area contributed by atoms with Crippen molar-refractivity contribution in [3.05, 3.63) is 68.1 Å². The molecular formula is C14H12BrCl2N. The summed E-state index contributed by atoms with van der Waals surface area (Å²) in [5.74, 6) is 0. The Balaban J connectivity index is 2.57. The van der Waals surface area contributed by atoms with E-state index in [1.54, 1.807) is 0 Å². The van der Waals surface area contributed by atoms with Gasteiger partial charge in [0.05, 0.1) is 5.54 Å². The Morgan fingerprint density at radius 2 is 1.67 bits per heavy atom. The minimum atomic E-state index is -0.679. The first kappa shape index (κ1) is 13.9. The smallest absolute Gasteiger partial charge is 0.0662 e. The third-order valence-corrected chi connectivity index (χ3v) is 4.15. The van der Waals surface area contributed by atoms with Crippen molar-refractivity contribution in [2.45, 2.75) is 12.5 Å². The molecule has 0 amide bonds. The summed E-state index contributed by atoms with van der Waals surface area (Å²) in [6, 6.07) is 13.1. The van der Waals surface area contributed by atoms with Crippen LogP contribution in [0.5, 0.6) is 0 Å². The van der Waals surface area contributed by atoms with E-state index in [2.05, 4.69) is 15.9 Å². The first-order valence-electron chi connectivity index (χ1n) is 5.42. The average molecular weight is 345 g/mol. The van der Waals surface area contributed by atoms with E-state index in [0.717, 1.165) is 15.6 Å². The molecule has 2 N–H and O–H groups in total. The fourth-order valence-electron chi connectivity index (χ4n) is 1.93. The van der Waals surface area contributed by atoms with Gasteiger partial charge in [0.1, 0.15) is 0 Å². The third-order valence-electron chi connectivity index (χ3n) is 2.93. The molecule has 2 aromatic rings. The molecule has 2 rings (SSSR count). The van der Waals surface area contributed by atoms with Gasteiger partial charge in [-0.15, -0.1) is 0 Å². The quantitative estimate of drug-likeness (QED) is 0.817. The monoisotopic (exact) mass is 343 g/mol. The number of nitrogens with two attached hydrogens (primary N) is 1. The molecule has 0 fully saturated rings. The highest BCUT2D eigenvalue weighted by Crippen LogP contribution is 2.37. The summed E-state index contributed by atoms with van der Waals surface area (Å²) in [7, 11) is 0. The van der Waals surface area contributed by atoms with E-state index >= 15 is 0 Å². The summed E-state index contributed by atoms with van der Waals surface area (Å²) in [6.45, 7) is 1.93. The Hall–Kier alpha value is -0.540. The summed E-state index contributed by atoms with van der Waals surface area (Å²) in [4.78, 5) is 0. The van der Waals surface area contributed by atoms with Crippen LogP contribution in [0.15, 0.2) is 46.9 Å². The van der Waals surface area contributed by atoms with Crippen molar-refractivity contribution in [3.63, 3.8) is 0 Å². The number of rotatable bonds is 2. The van der Waals surface area contributed by atoms with Crippen LogP contribution in [0.25, 0.3) is 0 Å². The summed E-state index contributed by atoms with van der Waals surface area (Å²) < 4.78 is 0.898. The van der Waals surface area contributed by atoms with Crippen LogP contribution in [-0.4, -0.2) is 0 Å². The topological polar surface area (TPSA) is 26.0 Å². The molecule has 18 heavy (non-hydrogen) atoms. The molecule has 0 saturated heterocycles. The molecule has 94 valence electrons. The van der Waals surface area contributed by atoms with Crippen molar-refractivity contribution >= 4 is 39.1 Å². The van der Waals surface area contributed by atoms with Crippen LogP contribution in [0.2, 0.25) is 10.0 Å². The molecule has 2 aromatic carbocycles. The molecule has 0 aliphatic carbocycles. The maximum atomic E-state index is 6.45. The predicted molar refractivity (Wildman–Crippen MR) is 81.2 cm³/mol. The van der Waals surface area contributed by atoms with Crippen LogP contribution in [-0.2, 0) is 5.54 Å². The van der Waals surface area contributed by atoms with Crippen molar-refractivity contribution < 1.29 is 0 Å². The molecule has 0 radical (unpaired) electrons. The van der Waals surface area contributed by atoms with Gasteiger partial charge in [-0.1, -0.05) is 57.3 Å². The van der Waals surface area contributed by atoms with E-state index in [0.29, 0.717) is 10.0 Å². The molecule has 0 spiro atoms. The molecule has 0 heterocycles. The van der Waals surface area contributed by atoms with Gasteiger partial charge >= 0.3 is 0 Å². The number of benzene rings is 2. The lowest BCUT2D eigenvalue weighted by Gasteiger charge is -2.28. The molecule has 0 aromatic heterocycles. The average Bonchev–Trinajstić information content (AvgIpc) is 2.29. The first-order valence-corrected chi connectivity index (χ1v) is 6.97. The zero-order chi connectivity index (χ0) is 13.3. The van der Waals surface area contributed by atoms with Crippen molar-refractivity contribution in [3.8, 4) is 0 Å². The minimum absolute atomic E-state index is 0.643. The maximum absolute atomic E-state index is 6.45. The molecule has 4 heteroatoms. The van der Waals surface area contributed by atoms with Crippen molar-refractivity contribution in [2.75, 3.05) is 0 Å². The largest absolute Gasteiger partial charge is 0.318 e. The maximum Gasteiger partial charge on any atom is 0.0662 e. The van der Waals surface area contributed by atoms with Crippen molar-refractivity contribution in [1.82, 2.24) is 0 Å². The first-order chi connectivity index (χ1) is 8.43. The van der Waals surface area contributed by atoms with Crippen LogP contribution in [0.4, 0.5) is 0 Å². The molecule has 0 saturated carbocycles. The molecule has 1 atom stereocenters. The number of hydrogen-bond acceptors (Lipinski definition) is 1. The Morgan fingerprint density at radius 1 is 1.06 bits per heavy atom. The fraction of sp³-hybridized carbons (Fsp3) is 0.143. The van der Waals surface area contributed by atoms with E-state index in [9.17, 15) is 0 Å². The lowest BCUT2D eigenvalue weighted by Crippen LogP contribution is -2.35. The van der Waals surface area contributed by atoms with Crippen LogP contribution in [0.3, 0.4) is 0 Å². The summed E-state index contributed by atoms with van der Waals surface area (Å²) in [5, 5.41) is 1.33. The third kappa shape index (κ3) is 2.57. The molecule has 0 bridgehead atoms. The Bertz CT molecular complexity index is 544. The molecular weight excluding hydrogens is 333 g/mol. The van der Waals surface area contributed by atoms with Gasteiger partial charge in [-0.3, -0.25) is 0 Å². The zero-order valence-electron chi connectivity index (χ0n) is 9.75. The zero-order valence-corrected chi connectivity index (χ0v) is 12.9. The van der Waals surface area contributed by atoms with E-state index < -0.39 is 5.54 Å². The highest BCUT2D eigenvalue weighted by Gasteiger charge is 2.28. The molecule has 1 nitrogen and oxygen atoms in total. The predicted octanol–water partition coefficient (Wildman–Crippen LogP) is 4.98. The number of hydrogen-bond donors (Lipinski definition) is 1. The van der Waals surface area contributed by atoms with E-state index in [1.807, 2.05) is 49.4 Å². The second-order valence-corrected chi connectivity index (χ2v) is 6.00. The normalized spacial score (nSPS) is 14.3. The Kier molecular flexibility index (Phi) is 4.02. The standard InChI is InChI=1S/C14H12BrCl2N/c1-14(18,9-5-7-10(16)8-6-9)13-11(15)3-2-4-12(13)17/h2-8H,18H2,1H3. The second kappa shape index (κ2) is 5.22. The van der Waals surface area contributed by atoms with Gasteiger partial charge in [-0.05, 0) is 36.8 Å². The van der Waals surface area contributed by atoms with Gasteiger partial charge in [0.15, 0.2) is 0 Å². The van der Waals surface area contributed by atoms with Crippen molar-refractivity contribution in [1.29, 1.82) is 0 Å². The van der Waals surface area contributed by atoms with Gasteiger partial charge in [-0.25, -0.2) is 0 Å². The van der Waals surface area contributed by atoms with E-state index in [1.165, 1.54) is 0 Å². The van der Waals surface area contributed by atoms with Gasteiger partial charge in [0.25, 0.3) is 0 Å². The van der Waals surface area contributed by atoms with Crippen LogP contribution in [0, 0.1) is 0 Å². The second-order valence-electron chi connectivity index (χ2n) is 4.31. The Labute approximate surface area is 125 Å². The van der Waals surface area contributed by atoms with Crippen LogP contribution >= 0.6 is 39.1 Å². The lowest BCUT2D eigenvalue weighted by atomic mass is 9.86. The van der Waals surface area contributed by atoms with Crippen molar-refractivity contribution in [2.24, 2.45) is 5.73 Å². The molecule has 0 aliphatic heterocycles. The van der Waals surface area contributed by atoms with E-state index in [-0.39, 0.29) is 0 Å². The lowest BCUT2D eigenvalue weighted by molar-refractivity contribution is 0.600. The van der Waals surface area contributed by atoms with Gasteiger partial charge in [-0.2, -0.15) is 0 Å². The van der Waals surface area contributed by atoms with Crippen LogP contribution < -0.4 is 5.73 Å². The fourth-order valence-corrected chi connectivity index (χ4v) is 3.32. The van der Waals surface area contributed by atoms with Gasteiger partial charge < -0.3 is 5.73 Å². The van der Waals surface area contributed by atoms with Gasteiger partial charge in [0.2, 0.25) is 0 Å². The highest BCUT2D eigenvalue weighted by molar-refractivity contribution is 9.10. The number of halogens is 3. The minimum Gasteiger partial charge on any atom is -0.318 e. The van der Waals surface area contributed by atoms with E-state index in [4.69, 9.17) is 28.9 Å². The summed E-state index contributed by atoms with van der Waals surface area (Å²) in [6.07, 6.45) is 0. The van der Waals surface area contributed by atoms with Crippen LogP contribution in [0.1, 0.15) is 18.1 Å².